The van der Waals surface area contributed by atoms with E-state index in [-0.39, 0.29) is 36.2 Å². The van der Waals surface area contributed by atoms with Gasteiger partial charge in [0, 0.05) is 36.3 Å². The summed E-state index contributed by atoms with van der Waals surface area (Å²) in [7, 11) is 0. The molecule has 6 nitrogen and oxygen atoms in total. The molecule has 6 N–H and O–H groups in total. The summed E-state index contributed by atoms with van der Waals surface area (Å²) in [6.07, 6.45) is 1.89. The number of aliphatic hydroxyl groups excluding tert-OH is 2. The van der Waals surface area contributed by atoms with Crippen molar-refractivity contribution in [2.45, 2.75) is 55.5 Å². The highest BCUT2D eigenvalue weighted by atomic mass is 35.5. The maximum atomic E-state index is 13.3. The van der Waals surface area contributed by atoms with E-state index in [9.17, 15) is 9.50 Å². The summed E-state index contributed by atoms with van der Waals surface area (Å²) in [6, 6.07) is 0.202. The lowest BCUT2D eigenvalue weighted by molar-refractivity contribution is -0.0204. The third kappa shape index (κ3) is 4.20. The highest BCUT2D eigenvalue weighted by Crippen LogP contribution is 2.38. The van der Waals surface area contributed by atoms with Gasteiger partial charge in [0.1, 0.15) is 6.17 Å². The summed E-state index contributed by atoms with van der Waals surface area (Å²) in [5, 5.41) is 26.0. The molecule has 2 heterocycles. The minimum absolute atomic E-state index is 0.0506. The van der Waals surface area contributed by atoms with Gasteiger partial charge in [-0.25, -0.2) is 9.82 Å². The van der Waals surface area contributed by atoms with E-state index < -0.39 is 12.8 Å². The van der Waals surface area contributed by atoms with Crippen molar-refractivity contribution < 1.29 is 14.6 Å². The molecule has 0 bridgehead atoms. The van der Waals surface area contributed by atoms with Crippen LogP contribution >= 0.6 is 11.6 Å². The number of aliphatic hydroxyl groups is 2. The molecule has 2 aliphatic heterocycles. The molecule has 0 spiro atoms. The zero-order valence-corrected chi connectivity index (χ0v) is 14.7. The van der Waals surface area contributed by atoms with E-state index in [0.29, 0.717) is 18.3 Å². The van der Waals surface area contributed by atoms with Gasteiger partial charge in [-0.3, -0.25) is 10.7 Å². The monoisotopic (exact) mass is 364 g/mol. The summed E-state index contributed by atoms with van der Waals surface area (Å²) < 4.78 is 13.3. The van der Waals surface area contributed by atoms with Crippen molar-refractivity contribution in [2.24, 2.45) is 17.8 Å². The predicted octanol–water partition coefficient (Wildman–Crippen LogP) is -0.297. The molecule has 3 aliphatic rings. The molecular formula is C16H30ClFN4O2. The van der Waals surface area contributed by atoms with E-state index in [0.717, 1.165) is 32.4 Å². The van der Waals surface area contributed by atoms with Crippen LogP contribution in [0.2, 0.25) is 0 Å². The normalized spacial score (nSPS) is 44.8. The summed E-state index contributed by atoms with van der Waals surface area (Å²) in [5.74, 6) is 0.936. The molecule has 0 aromatic carbocycles. The van der Waals surface area contributed by atoms with Crippen LogP contribution in [0, 0.1) is 17.8 Å². The zero-order valence-electron chi connectivity index (χ0n) is 13.9. The van der Waals surface area contributed by atoms with E-state index >= 15 is 0 Å². The highest BCUT2D eigenvalue weighted by molar-refractivity contribution is 6.20. The Labute approximate surface area is 147 Å². The zero-order chi connectivity index (χ0) is 17.1. The van der Waals surface area contributed by atoms with Crippen LogP contribution in [0.15, 0.2) is 0 Å². The van der Waals surface area contributed by atoms with Crippen LogP contribution in [0.4, 0.5) is 4.39 Å². The van der Waals surface area contributed by atoms with Gasteiger partial charge in [0.2, 0.25) is 0 Å². The van der Waals surface area contributed by atoms with Crippen molar-refractivity contribution in [3.05, 3.63) is 0 Å². The predicted molar refractivity (Wildman–Crippen MR) is 91.3 cm³/mol. The Balaban J connectivity index is 1.64. The van der Waals surface area contributed by atoms with Gasteiger partial charge in [-0.2, -0.15) is 0 Å². The quantitative estimate of drug-likeness (QED) is 0.376. The van der Waals surface area contributed by atoms with Crippen LogP contribution in [-0.2, 0) is 0 Å². The van der Waals surface area contributed by atoms with Gasteiger partial charge in [-0.1, -0.05) is 0 Å². The largest absolute Gasteiger partial charge is 0.393 e. The number of alkyl halides is 2. The smallest absolute Gasteiger partial charge is 0.135 e. The van der Waals surface area contributed by atoms with E-state index in [1.807, 2.05) is 0 Å². The second kappa shape index (κ2) is 8.58. The van der Waals surface area contributed by atoms with Gasteiger partial charge in [-0.05, 0) is 38.1 Å². The summed E-state index contributed by atoms with van der Waals surface area (Å²) in [4.78, 5) is 0. The van der Waals surface area contributed by atoms with Gasteiger partial charge in [0.05, 0.1) is 18.9 Å². The standard InChI is InChI=1S/C16H30ClFN4O2/c17-9-1-2-12(14(24)5-9)15-11-3-4-19-7-13(11)16(22-21-15)20-6-10(18)8-23/h9-16,19-24H,1-8H2/t9?,10-,11?,12?,13?,14?,15?,16?/m1/s1. The Morgan fingerprint density at radius 3 is 2.75 bits per heavy atom. The van der Waals surface area contributed by atoms with Crippen LogP contribution < -0.4 is 21.5 Å². The minimum atomic E-state index is -1.25. The fourth-order valence-corrected chi connectivity index (χ4v) is 4.91. The summed E-state index contributed by atoms with van der Waals surface area (Å²) in [5.41, 5.74) is 6.68. The van der Waals surface area contributed by atoms with Crippen LogP contribution in [0.3, 0.4) is 0 Å². The first-order chi connectivity index (χ1) is 11.6. The maximum Gasteiger partial charge on any atom is 0.135 e. The highest BCUT2D eigenvalue weighted by Gasteiger charge is 2.46. The molecule has 7 unspecified atom stereocenters. The molecular weight excluding hydrogens is 335 g/mol. The lowest BCUT2D eigenvalue weighted by atomic mass is 9.69. The number of fused-ring (bicyclic) bond motifs is 1. The maximum absolute atomic E-state index is 13.3. The van der Waals surface area contributed by atoms with Gasteiger partial charge in [0.25, 0.3) is 0 Å². The van der Waals surface area contributed by atoms with Gasteiger partial charge in [0.15, 0.2) is 0 Å². The van der Waals surface area contributed by atoms with Crippen molar-refractivity contribution in [1.29, 1.82) is 0 Å². The average Bonchev–Trinajstić information content (AvgIpc) is 2.60. The van der Waals surface area contributed by atoms with E-state index in [1.165, 1.54) is 0 Å². The van der Waals surface area contributed by atoms with Crippen LogP contribution in [0.1, 0.15) is 25.7 Å². The van der Waals surface area contributed by atoms with Gasteiger partial charge >= 0.3 is 0 Å². The molecule has 140 valence electrons. The molecule has 0 aromatic rings. The third-order valence-corrected chi connectivity index (χ3v) is 6.30. The Morgan fingerprint density at radius 2 is 2.00 bits per heavy atom. The Morgan fingerprint density at radius 1 is 1.17 bits per heavy atom. The van der Waals surface area contributed by atoms with Crippen molar-refractivity contribution in [3.8, 4) is 0 Å². The molecule has 2 saturated heterocycles. The van der Waals surface area contributed by atoms with Crippen molar-refractivity contribution in [1.82, 2.24) is 21.5 Å². The number of nitrogens with one attached hydrogen (secondary N) is 4. The number of hydrogen-bond donors (Lipinski definition) is 6. The van der Waals surface area contributed by atoms with E-state index in [2.05, 4.69) is 21.5 Å². The first-order valence-electron chi connectivity index (χ1n) is 9.12. The first kappa shape index (κ1) is 18.8. The number of hydrazine groups is 1. The Hall–Kier alpha value is -0.0200. The molecule has 1 saturated carbocycles. The van der Waals surface area contributed by atoms with Crippen LogP contribution in [0.5, 0.6) is 0 Å². The molecule has 3 rings (SSSR count). The Kier molecular flexibility index (Phi) is 6.70. The molecule has 24 heavy (non-hydrogen) atoms. The number of hydrogen-bond acceptors (Lipinski definition) is 6. The first-order valence-corrected chi connectivity index (χ1v) is 9.56. The molecule has 3 fully saturated rings. The molecule has 0 radical (unpaired) electrons. The average molecular weight is 365 g/mol. The second-order valence-electron chi connectivity index (χ2n) is 7.44. The summed E-state index contributed by atoms with van der Waals surface area (Å²) in [6.45, 7) is 1.50. The molecule has 0 aromatic heterocycles. The second-order valence-corrected chi connectivity index (χ2v) is 8.06. The number of halogens is 2. The Bertz CT molecular complexity index is 408. The minimum Gasteiger partial charge on any atom is -0.393 e. The summed E-state index contributed by atoms with van der Waals surface area (Å²) >= 11 is 6.19. The van der Waals surface area contributed by atoms with E-state index in [4.69, 9.17) is 16.7 Å². The van der Waals surface area contributed by atoms with Crippen molar-refractivity contribution >= 4 is 11.6 Å². The molecule has 8 heteroatoms. The van der Waals surface area contributed by atoms with Crippen LogP contribution in [-0.4, -0.2) is 66.3 Å². The fourth-order valence-electron chi connectivity index (χ4n) is 4.60. The fraction of sp³-hybridized carbons (Fsp3) is 1.00. The van der Waals surface area contributed by atoms with Crippen molar-refractivity contribution in [3.63, 3.8) is 0 Å². The van der Waals surface area contributed by atoms with E-state index in [1.54, 1.807) is 0 Å². The lowest BCUT2D eigenvalue weighted by Crippen LogP contribution is -2.71. The van der Waals surface area contributed by atoms with Crippen molar-refractivity contribution in [2.75, 3.05) is 26.2 Å². The molecule has 1 aliphatic carbocycles. The lowest BCUT2D eigenvalue weighted by Gasteiger charge is -2.51. The third-order valence-electron chi connectivity index (χ3n) is 5.90. The van der Waals surface area contributed by atoms with Gasteiger partial charge in [-0.15, -0.1) is 11.6 Å². The van der Waals surface area contributed by atoms with Gasteiger partial charge < -0.3 is 15.5 Å². The van der Waals surface area contributed by atoms with Crippen LogP contribution in [0.25, 0.3) is 0 Å². The topological polar surface area (TPSA) is 88.6 Å². The number of rotatable bonds is 5. The number of piperidine rings is 1. The molecule has 8 atom stereocenters. The molecule has 0 amide bonds. The SMILES string of the molecule is OC[C@H](F)CNC1NNC(C2CCC(Cl)CC2O)C2CCNCC12.